The van der Waals surface area contributed by atoms with Crippen molar-refractivity contribution in [3.05, 3.63) is 64.4 Å². The molecule has 0 saturated heterocycles. The summed E-state index contributed by atoms with van der Waals surface area (Å²) in [6.45, 7) is 8.91. The van der Waals surface area contributed by atoms with E-state index in [1.54, 1.807) is 7.11 Å². The van der Waals surface area contributed by atoms with E-state index in [-0.39, 0.29) is 6.04 Å². The summed E-state index contributed by atoms with van der Waals surface area (Å²) in [6.07, 6.45) is 12.3. The van der Waals surface area contributed by atoms with Crippen LogP contribution in [0, 0.1) is 12.8 Å². The third-order valence-electron chi connectivity index (χ3n) is 7.38. The van der Waals surface area contributed by atoms with Crippen LogP contribution in [0.3, 0.4) is 0 Å². The van der Waals surface area contributed by atoms with Crippen LogP contribution in [0.15, 0.2) is 62.6 Å². The smallest absolute Gasteiger partial charge is 0.148 e. The Balaban J connectivity index is 1.48. The maximum absolute atomic E-state index is 5.90. The Morgan fingerprint density at radius 1 is 1.00 bits per heavy atom. The molecule has 1 unspecified atom stereocenters. The summed E-state index contributed by atoms with van der Waals surface area (Å²) < 4.78 is 5.68. The van der Waals surface area contributed by atoms with Gasteiger partial charge in [0.25, 0.3) is 0 Å². The van der Waals surface area contributed by atoms with Gasteiger partial charge in [0.1, 0.15) is 11.4 Å². The molecule has 2 aliphatic heterocycles. The molecule has 0 saturated carbocycles. The average Bonchev–Trinajstić information content (AvgIpc) is 2.89. The molecule has 37 heavy (non-hydrogen) atoms. The second-order valence-corrected chi connectivity index (χ2v) is 10.8. The van der Waals surface area contributed by atoms with Crippen molar-refractivity contribution in [3.63, 3.8) is 0 Å². The van der Waals surface area contributed by atoms with Gasteiger partial charge in [-0.15, -0.1) is 5.11 Å². The number of aryl methyl sites for hydroxylation is 2. The summed E-state index contributed by atoms with van der Waals surface area (Å²) in [7, 11) is 1.65. The molecule has 194 valence electrons. The molecule has 2 aromatic carbocycles. The van der Waals surface area contributed by atoms with Crippen LogP contribution in [0.1, 0.15) is 55.4 Å². The van der Waals surface area contributed by atoms with Gasteiger partial charge in [0.2, 0.25) is 0 Å². The zero-order valence-corrected chi connectivity index (χ0v) is 22.5. The van der Waals surface area contributed by atoms with Crippen molar-refractivity contribution in [1.29, 1.82) is 0 Å². The maximum atomic E-state index is 5.90. The minimum atomic E-state index is 0.0550. The molecule has 0 bridgehead atoms. The van der Waals surface area contributed by atoms with Gasteiger partial charge in [-0.25, -0.2) is 0 Å². The van der Waals surface area contributed by atoms with Gasteiger partial charge in [-0.05, 0) is 91.8 Å². The number of rotatable bonds is 7. The van der Waals surface area contributed by atoms with Crippen molar-refractivity contribution in [2.45, 2.75) is 65.3 Å². The molecule has 1 atom stereocenters. The summed E-state index contributed by atoms with van der Waals surface area (Å²) in [4.78, 5) is 2.59. The Morgan fingerprint density at radius 3 is 2.49 bits per heavy atom. The summed E-state index contributed by atoms with van der Waals surface area (Å²) >= 11 is 0. The fourth-order valence-electron chi connectivity index (χ4n) is 5.56. The van der Waals surface area contributed by atoms with Crippen LogP contribution < -0.4 is 15.4 Å². The van der Waals surface area contributed by atoms with E-state index in [0.717, 1.165) is 48.3 Å². The molecule has 7 nitrogen and oxygen atoms in total. The van der Waals surface area contributed by atoms with E-state index in [2.05, 4.69) is 35.0 Å². The van der Waals surface area contributed by atoms with Crippen molar-refractivity contribution in [2.24, 2.45) is 32.1 Å². The number of nitrogens with zero attached hydrogens (tertiary/aromatic N) is 5. The fraction of sp³-hybridized carbons (Fsp3) is 0.467. The van der Waals surface area contributed by atoms with Gasteiger partial charge in [0.05, 0.1) is 24.2 Å². The number of methoxy groups -OCH3 is 1. The van der Waals surface area contributed by atoms with E-state index in [1.807, 2.05) is 37.3 Å². The first-order valence-corrected chi connectivity index (χ1v) is 13.5. The average molecular weight is 499 g/mol. The van der Waals surface area contributed by atoms with Crippen LogP contribution in [0.4, 0.5) is 22.7 Å². The Kier molecular flexibility index (Phi) is 7.51. The number of nitrogens with two attached hydrogens (primary N) is 1. The number of azo groups is 2. The van der Waals surface area contributed by atoms with Crippen LogP contribution in [-0.2, 0) is 19.3 Å². The van der Waals surface area contributed by atoms with E-state index in [0.29, 0.717) is 17.4 Å². The van der Waals surface area contributed by atoms with Crippen LogP contribution in [-0.4, -0.2) is 26.2 Å². The summed E-state index contributed by atoms with van der Waals surface area (Å²) in [5.41, 5.74) is 15.9. The van der Waals surface area contributed by atoms with E-state index < -0.39 is 0 Å². The predicted molar refractivity (Wildman–Crippen MR) is 150 cm³/mol. The zero-order chi connectivity index (χ0) is 25.9. The van der Waals surface area contributed by atoms with Crippen LogP contribution in [0.25, 0.3) is 0 Å². The summed E-state index contributed by atoms with van der Waals surface area (Å²) in [6, 6.07) is 6.20. The molecule has 0 radical (unpaired) electrons. The van der Waals surface area contributed by atoms with E-state index in [4.69, 9.17) is 20.7 Å². The van der Waals surface area contributed by atoms with Gasteiger partial charge in [-0.2, -0.15) is 15.3 Å². The molecule has 0 amide bonds. The highest BCUT2D eigenvalue weighted by Gasteiger charge is 2.28. The SMILES string of the molecule is COc1cc(N=NC2=CCC(N)C=C2)c(C)cc1N=Nc1cc2c3c(c1CC(C)C)CCCN3CCC2. The summed E-state index contributed by atoms with van der Waals surface area (Å²) in [5, 5.41) is 18.4. The Morgan fingerprint density at radius 2 is 1.76 bits per heavy atom. The van der Waals surface area contributed by atoms with Crippen LogP contribution >= 0.6 is 0 Å². The van der Waals surface area contributed by atoms with Crippen molar-refractivity contribution in [3.8, 4) is 5.75 Å². The van der Waals surface area contributed by atoms with Crippen LogP contribution in [0.2, 0.25) is 0 Å². The van der Waals surface area contributed by atoms with Crippen molar-refractivity contribution >= 4 is 22.7 Å². The topological polar surface area (TPSA) is 87.9 Å². The molecule has 2 heterocycles. The second kappa shape index (κ2) is 11.0. The highest BCUT2D eigenvalue weighted by molar-refractivity contribution is 5.72. The van der Waals surface area contributed by atoms with E-state index >= 15 is 0 Å². The monoisotopic (exact) mass is 498 g/mol. The molecule has 5 rings (SSSR count). The molecule has 2 N–H and O–H groups in total. The highest BCUT2D eigenvalue weighted by Crippen LogP contribution is 2.43. The number of benzene rings is 2. The Hall–Kier alpha value is -3.32. The third-order valence-corrected chi connectivity index (χ3v) is 7.38. The zero-order valence-electron chi connectivity index (χ0n) is 22.5. The standard InChI is InChI=1S/C30H38N6O/c1-19(2)15-25-24-8-6-14-36-13-5-7-21(30(24)36)17-27(25)34-35-28-16-20(3)26(18-29(28)37-4)33-32-23-11-9-22(31)10-12-23/h9,11-12,16-19,22H,5-8,10,13-15,31H2,1-4H3. The molecule has 0 spiro atoms. The molecule has 3 aliphatic rings. The lowest BCUT2D eigenvalue weighted by Gasteiger charge is -2.38. The van der Waals surface area contributed by atoms with Crippen molar-refractivity contribution in [1.82, 2.24) is 0 Å². The van der Waals surface area contributed by atoms with Gasteiger partial charge < -0.3 is 15.4 Å². The molecule has 0 fully saturated rings. The highest BCUT2D eigenvalue weighted by atomic mass is 16.5. The number of anilines is 1. The van der Waals surface area contributed by atoms with Gasteiger partial charge in [-0.1, -0.05) is 26.0 Å². The van der Waals surface area contributed by atoms with Gasteiger partial charge in [-0.3, -0.25) is 0 Å². The minimum Gasteiger partial charge on any atom is -0.494 e. The largest absolute Gasteiger partial charge is 0.494 e. The van der Waals surface area contributed by atoms with Crippen molar-refractivity contribution in [2.75, 3.05) is 25.1 Å². The first-order valence-electron chi connectivity index (χ1n) is 13.5. The van der Waals surface area contributed by atoms with E-state index in [1.165, 1.54) is 48.3 Å². The maximum Gasteiger partial charge on any atom is 0.148 e. The quantitative estimate of drug-likeness (QED) is 0.399. The number of allylic oxidation sites excluding steroid dienone is 1. The molecule has 1 aliphatic carbocycles. The first-order chi connectivity index (χ1) is 17.9. The second-order valence-electron chi connectivity index (χ2n) is 10.8. The Labute approximate surface area is 220 Å². The van der Waals surface area contributed by atoms with Gasteiger partial charge >= 0.3 is 0 Å². The number of ether oxygens (including phenoxy) is 1. The number of hydrogen-bond donors (Lipinski definition) is 1. The Bertz CT molecular complexity index is 1290. The lowest BCUT2D eigenvalue weighted by atomic mass is 9.85. The lowest BCUT2D eigenvalue weighted by molar-refractivity contribution is 0.416. The summed E-state index contributed by atoms with van der Waals surface area (Å²) in [5.74, 6) is 1.18. The van der Waals surface area contributed by atoms with Gasteiger partial charge in [0, 0.05) is 30.9 Å². The fourth-order valence-corrected chi connectivity index (χ4v) is 5.56. The van der Waals surface area contributed by atoms with Crippen molar-refractivity contribution < 1.29 is 4.74 Å². The molecular weight excluding hydrogens is 460 g/mol. The molecule has 0 aromatic heterocycles. The first kappa shape index (κ1) is 25.3. The lowest BCUT2D eigenvalue weighted by Crippen LogP contribution is -2.35. The molecular formula is C30H38N6O. The number of hydrogen-bond acceptors (Lipinski definition) is 7. The van der Waals surface area contributed by atoms with E-state index in [9.17, 15) is 0 Å². The minimum absolute atomic E-state index is 0.0550. The molecule has 2 aromatic rings. The predicted octanol–water partition coefficient (Wildman–Crippen LogP) is 7.57. The van der Waals surface area contributed by atoms with Gasteiger partial charge in [0.15, 0.2) is 0 Å². The molecule has 7 heteroatoms. The van der Waals surface area contributed by atoms with Crippen LogP contribution in [0.5, 0.6) is 5.75 Å². The normalized spacial score (nSPS) is 19.1. The third kappa shape index (κ3) is 5.52.